The lowest BCUT2D eigenvalue weighted by atomic mass is 10.0. The Kier molecular flexibility index (Phi) is 3.62. The first-order chi connectivity index (χ1) is 8.91. The van der Waals surface area contributed by atoms with Crippen LogP contribution in [-0.4, -0.2) is 8.42 Å². The zero-order valence-corrected chi connectivity index (χ0v) is 11.8. The van der Waals surface area contributed by atoms with Gasteiger partial charge in [-0.3, -0.25) is 0 Å². The summed E-state index contributed by atoms with van der Waals surface area (Å²) in [7, 11) is -3.50. The summed E-state index contributed by atoms with van der Waals surface area (Å²) in [6.45, 7) is 4.07. The Hall–Kier alpha value is -1.81. The molecule has 4 heteroatoms. The normalized spacial score (nSPS) is 11.7. The van der Waals surface area contributed by atoms with Gasteiger partial charge in [0.2, 0.25) is 9.84 Å². The molecule has 0 atom stereocenters. The quantitative estimate of drug-likeness (QED) is 0.875. The highest BCUT2D eigenvalue weighted by molar-refractivity contribution is 7.91. The molecule has 100 valence electrons. The van der Waals surface area contributed by atoms with Crippen molar-refractivity contribution >= 4 is 15.5 Å². The maximum atomic E-state index is 12.5. The van der Waals surface area contributed by atoms with E-state index >= 15 is 0 Å². The van der Waals surface area contributed by atoms with Gasteiger partial charge in [-0.1, -0.05) is 32.0 Å². The van der Waals surface area contributed by atoms with Crippen LogP contribution in [-0.2, 0) is 9.84 Å². The highest BCUT2D eigenvalue weighted by Crippen LogP contribution is 2.25. The summed E-state index contributed by atoms with van der Waals surface area (Å²) in [5.74, 6) is 0.288. The maximum absolute atomic E-state index is 12.5. The Morgan fingerprint density at radius 2 is 1.53 bits per heavy atom. The van der Waals surface area contributed by atoms with Gasteiger partial charge in [0, 0.05) is 5.69 Å². The smallest absolute Gasteiger partial charge is 0.206 e. The molecule has 0 aromatic heterocycles. The Balaban J connectivity index is 2.54. The predicted molar refractivity (Wildman–Crippen MR) is 76.8 cm³/mol. The van der Waals surface area contributed by atoms with E-state index in [9.17, 15) is 8.42 Å². The summed E-state index contributed by atoms with van der Waals surface area (Å²) in [6, 6.07) is 13.4. The van der Waals surface area contributed by atoms with E-state index < -0.39 is 9.84 Å². The van der Waals surface area contributed by atoms with Gasteiger partial charge in [0.25, 0.3) is 0 Å². The van der Waals surface area contributed by atoms with Crippen LogP contribution >= 0.6 is 0 Å². The summed E-state index contributed by atoms with van der Waals surface area (Å²) >= 11 is 0. The van der Waals surface area contributed by atoms with E-state index in [0.717, 1.165) is 5.56 Å². The summed E-state index contributed by atoms with van der Waals surface area (Å²) in [5.41, 5.74) is 7.10. The lowest BCUT2D eigenvalue weighted by Gasteiger charge is -2.09. The minimum atomic E-state index is -3.50. The zero-order chi connectivity index (χ0) is 14.0. The van der Waals surface area contributed by atoms with E-state index in [1.165, 1.54) is 6.07 Å². The molecule has 0 spiro atoms. The van der Waals surface area contributed by atoms with Gasteiger partial charge in [-0.25, -0.2) is 8.42 Å². The zero-order valence-electron chi connectivity index (χ0n) is 11.0. The minimum Gasteiger partial charge on any atom is -0.399 e. The summed E-state index contributed by atoms with van der Waals surface area (Å²) in [5, 5.41) is 0. The van der Waals surface area contributed by atoms with Crippen LogP contribution in [0.15, 0.2) is 58.3 Å². The van der Waals surface area contributed by atoms with Crippen molar-refractivity contribution in [3.05, 3.63) is 54.1 Å². The second-order valence-electron chi connectivity index (χ2n) is 4.80. The molecule has 0 radical (unpaired) electrons. The van der Waals surface area contributed by atoms with Gasteiger partial charge in [0.05, 0.1) is 9.79 Å². The molecule has 19 heavy (non-hydrogen) atoms. The van der Waals surface area contributed by atoms with E-state index in [2.05, 4.69) is 0 Å². The van der Waals surface area contributed by atoms with Gasteiger partial charge in [-0.15, -0.1) is 0 Å². The van der Waals surface area contributed by atoms with E-state index in [1.54, 1.807) is 36.4 Å². The van der Waals surface area contributed by atoms with Crippen LogP contribution in [0.1, 0.15) is 25.3 Å². The molecule has 0 bridgehead atoms. The fraction of sp³-hybridized carbons (Fsp3) is 0.200. The SMILES string of the molecule is CC(C)c1cccc(S(=O)(=O)c2cccc(N)c2)c1. The van der Waals surface area contributed by atoms with Crippen LogP contribution in [0.5, 0.6) is 0 Å². The lowest BCUT2D eigenvalue weighted by Crippen LogP contribution is -2.03. The number of hydrogen-bond donors (Lipinski definition) is 1. The molecule has 0 saturated heterocycles. The van der Waals surface area contributed by atoms with Crippen molar-refractivity contribution in [1.82, 2.24) is 0 Å². The topological polar surface area (TPSA) is 60.2 Å². The number of nitrogens with two attached hydrogens (primary N) is 1. The highest BCUT2D eigenvalue weighted by atomic mass is 32.2. The fourth-order valence-corrected chi connectivity index (χ4v) is 3.23. The van der Waals surface area contributed by atoms with Gasteiger partial charge in [0.15, 0.2) is 0 Å². The molecule has 0 aliphatic heterocycles. The van der Waals surface area contributed by atoms with Crippen molar-refractivity contribution < 1.29 is 8.42 Å². The Labute approximate surface area is 114 Å². The largest absolute Gasteiger partial charge is 0.399 e. The number of hydrogen-bond acceptors (Lipinski definition) is 3. The summed E-state index contributed by atoms with van der Waals surface area (Å²) < 4.78 is 25.0. The van der Waals surface area contributed by atoms with Crippen molar-refractivity contribution in [3.8, 4) is 0 Å². The molecule has 0 amide bonds. The number of rotatable bonds is 3. The summed E-state index contributed by atoms with van der Waals surface area (Å²) in [6.07, 6.45) is 0. The Morgan fingerprint density at radius 3 is 2.11 bits per heavy atom. The standard InChI is InChI=1S/C15H17NO2S/c1-11(2)12-5-3-7-14(9-12)19(17,18)15-8-4-6-13(16)10-15/h3-11H,16H2,1-2H3. The maximum Gasteiger partial charge on any atom is 0.206 e. The van der Waals surface area contributed by atoms with Gasteiger partial charge in [0.1, 0.15) is 0 Å². The molecule has 2 N–H and O–H groups in total. The molecular formula is C15H17NO2S. The Morgan fingerprint density at radius 1 is 0.947 bits per heavy atom. The van der Waals surface area contributed by atoms with E-state index in [4.69, 9.17) is 5.73 Å². The summed E-state index contributed by atoms with van der Waals surface area (Å²) in [4.78, 5) is 0.540. The lowest BCUT2D eigenvalue weighted by molar-refractivity contribution is 0.596. The monoisotopic (exact) mass is 275 g/mol. The molecule has 0 aliphatic rings. The van der Waals surface area contributed by atoms with Crippen LogP contribution in [0.3, 0.4) is 0 Å². The van der Waals surface area contributed by atoms with Gasteiger partial charge in [-0.2, -0.15) is 0 Å². The third kappa shape index (κ3) is 2.79. The van der Waals surface area contributed by atoms with Crippen LogP contribution < -0.4 is 5.73 Å². The third-order valence-electron chi connectivity index (χ3n) is 3.00. The van der Waals surface area contributed by atoms with E-state index in [0.29, 0.717) is 10.6 Å². The second-order valence-corrected chi connectivity index (χ2v) is 6.75. The molecule has 2 aromatic carbocycles. The molecule has 3 nitrogen and oxygen atoms in total. The molecular weight excluding hydrogens is 258 g/mol. The van der Waals surface area contributed by atoms with Crippen molar-refractivity contribution in [2.24, 2.45) is 0 Å². The highest BCUT2D eigenvalue weighted by Gasteiger charge is 2.18. The van der Waals surface area contributed by atoms with Crippen molar-refractivity contribution in [1.29, 1.82) is 0 Å². The van der Waals surface area contributed by atoms with Crippen molar-refractivity contribution in [2.75, 3.05) is 5.73 Å². The second kappa shape index (κ2) is 5.05. The first-order valence-corrected chi connectivity index (χ1v) is 7.60. The first-order valence-electron chi connectivity index (χ1n) is 6.12. The van der Waals surface area contributed by atoms with Gasteiger partial charge < -0.3 is 5.73 Å². The molecule has 0 saturated carbocycles. The minimum absolute atomic E-state index is 0.230. The molecule has 2 aromatic rings. The number of benzene rings is 2. The molecule has 0 fully saturated rings. The number of anilines is 1. The van der Waals surface area contributed by atoms with Crippen LogP contribution in [0.25, 0.3) is 0 Å². The van der Waals surface area contributed by atoms with E-state index in [-0.39, 0.29) is 10.8 Å². The van der Waals surface area contributed by atoms with Gasteiger partial charge >= 0.3 is 0 Å². The first kappa shape index (κ1) is 13.6. The average Bonchev–Trinajstić information content (AvgIpc) is 2.39. The predicted octanol–water partition coefficient (Wildman–Crippen LogP) is 3.23. The van der Waals surface area contributed by atoms with Crippen LogP contribution in [0.2, 0.25) is 0 Å². The van der Waals surface area contributed by atoms with Crippen LogP contribution in [0.4, 0.5) is 5.69 Å². The van der Waals surface area contributed by atoms with Crippen molar-refractivity contribution in [2.45, 2.75) is 29.6 Å². The Bertz CT molecular complexity index is 691. The number of sulfone groups is 1. The molecule has 2 rings (SSSR count). The molecule has 0 heterocycles. The number of nitrogen functional groups attached to an aromatic ring is 1. The third-order valence-corrected chi connectivity index (χ3v) is 4.75. The van der Waals surface area contributed by atoms with Crippen LogP contribution in [0, 0.1) is 0 Å². The van der Waals surface area contributed by atoms with Crippen molar-refractivity contribution in [3.63, 3.8) is 0 Å². The average molecular weight is 275 g/mol. The van der Waals surface area contributed by atoms with Gasteiger partial charge in [-0.05, 0) is 41.8 Å². The fourth-order valence-electron chi connectivity index (χ4n) is 1.86. The molecule has 0 aliphatic carbocycles. The van der Waals surface area contributed by atoms with E-state index in [1.807, 2.05) is 19.9 Å². The molecule has 0 unspecified atom stereocenters.